The Morgan fingerprint density at radius 2 is 2.06 bits per heavy atom. The van der Waals surface area contributed by atoms with Crippen molar-refractivity contribution in [3.8, 4) is 0 Å². The summed E-state index contributed by atoms with van der Waals surface area (Å²) >= 11 is 0. The average molecular weight is 238 g/mol. The van der Waals surface area contributed by atoms with Crippen molar-refractivity contribution in [2.24, 2.45) is 0 Å². The highest BCUT2D eigenvalue weighted by Gasteiger charge is 2.29. The van der Waals surface area contributed by atoms with Crippen molar-refractivity contribution in [1.82, 2.24) is 10.0 Å². The summed E-state index contributed by atoms with van der Waals surface area (Å²) in [4.78, 5) is 11.9. The Labute approximate surface area is 99.2 Å². The third-order valence-corrected chi connectivity index (χ3v) is 2.83. The van der Waals surface area contributed by atoms with Crippen LogP contribution in [-0.2, 0) is 11.2 Å². The fourth-order valence-electron chi connectivity index (χ4n) is 1.96. The van der Waals surface area contributed by atoms with Crippen LogP contribution in [0.5, 0.6) is 0 Å². The number of carbonyl (C=O) groups excluding carboxylic acids is 1. The van der Waals surface area contributed by atoms with Crippen LogP contribution in [0.1, 0.15) is 5.56 Å². The summed E-state index contributed by atoms with van der Waals surface area (Å²) in [5.74, 6) is -0.398. The van der Waals surface area contributed by atoms with Gasteiger partial charge in [0.25, 0.3) is 0 Å². The van der Waals surface area contributed by atoms with E-state index in [2.05, 4.69) is 0 Å². The minimum absolute atomic E-state index is 0.0874. The lowest BCUT2D eigenvalue weighted by molar-refractivity contribution is -0.141. The maximum atomic E-state index is 12.7. The molecule has 0 aliphatic carbocycles. The highest BCUT2D eigenvalue weighted by Crippen LogP contribution is 2.12. The van der Waals surface area contributed by atoms with Gasteiger partial charge in [0.05, 0.1) is 19.1 Å². The molecule has 1 amide bonds. The number of rotatable bonds is 2. The summed E-state index contributed by atoms with van der Waals surface area (Å²) in [6, 6.07) is 5.87. The summed E-state index contributed by atoms with van der Waals surface area (Å²) in [5.41, 5.74) is 0.770. The second kappa shape index (κ2) is 4.81. The standard InChI is InChI=1S/C12H15FN2O2/c1-14-7-11(16)8-15(14)12(17)6-9-2-4-10(13)5-3-9/h2-5,11,16H,6-8H2,1H3. The first-order valence-corrected chi connectivity index (χ1v) is 5.50. The Morgan fingerprint density at radius 1 is 1.41 bits per heavy atom. The number of aliphatic hydroxyl groups is 1. The third kappa shape index (κ3) is 2.81. The summed E-state index contributed by atoms with van der Waals surface area (Å²) in [7, 11) is 1.76. The van der Waals surface area contributed by atoms with Gasteiger partial charge < -0.3 is 5.11 Å². The van der Waals surface area contributed by atoms with Crippen LogP contribution in [0.3, 0.4) is 0 Å². The SMILES string of the molecule is CN1CC(O)CN1C(=O)Cc1ccc(F)cc1. The molecular formula is C12H15FN2O2. The van der Waals surface area contributed by atoms with Crippen molar-refractivity contribution in [3.05, 3.63) is 35.6 Å². The van der Waals surface area contributed by atoms with Crippen LogP contribution in [0.2, 0.25) is 0 Å². The van der Waals surface area contributed by atoms with Crippen molar-refractivity contribution >= 4 is 5.91 Å². The maximum absolute atomic E-state index is 12.7. The van der Waals surface area contributed by atoms with Gasteiger partial charge in [0, 0.05) is 13.6 Å². The quantitative estimate of drug-likeness (QED) is 0.812. The minimum atomic E-state index is -0.489. The number of carbonyl (C=O) groups is 1. The van der Waals surface area contributed by atoms with E-state index in [-0.39, 0.29) is 18.1 Å². The zero-order chi connectivity index (χ0) is 12.4. The van der Waals surface area contributed by atoms with E-state index in [1.54, 1.807) is 24.2 Å². The molecule has 1 aliphatic rings. The van der Waals surface area contributed by atoms with Crippen LogP contribution in [-0.4, -0.2) is 47.3 Å². The van der Waals surface area contributed by atoms with Gasteiger partial charge in [0.15, 0.2) is 0 Å². The predicted octanol–water partition coefficient (Wildman–Crippen LogP) is 0.418. The van der Waals surface area contributed by atoms with Crippen molar-refractivity contribution in [2.45, 2.75) is 12.5 Å². The minimum Gasteiger partial charge on any atom is -0.390 e. The van der Waals surface area contributed by atoms with Gasteiger partial charge in [-0.2, -0.15) is 0 Å². The largest absolute Gasteiger partial charge is 0.390 e. The summed E-state index contributed by atoms with van der Waals surface area (Å²) in [5, 5.41) is 12.7. The second-order valence-electron chi connectivity index (χ2n) is 4.27. The number of benzene rings is 1. The summed E-state index contributed by atoms with van der Waals surface area (Å²) < 4.78 is 12.7. The number of amides is 1. The number of halogens is 1. The Morgan fingerprint density at radius 3 is 2.59 bits per heavy atom. The van der Waals surface area contributed by atoms with Gasteiger partial charge in [0.2, 0.25) is 5.91 Å². The van der Waals surface area contributed by atoms with E-state index in [0.29, 0.717) is 13.1 Å². The topological polar surface area (TPSA) is 43.8 Å². The number of hydrogen-bond donors (Lipinski definition) is 1. The molecule has 5 heteroatoms. The normalized spacial score (nSPS) is 20.9. The fourth-order valence-corrected chi connectivity index (χ4v) is 1.96. The van der Waals surface area contributed by atoms with Crippen molar-refractivity contribution in [2.75, 3.05) is 20.1 Å². The molecule has 1 unspecified atom stereocenters. The zero-order valence-corrected chi connectivity index (χ0v) is 9.64. The molecule has 1 aromatic rings. The third-order valence-electron chi connectivity index (χ3n) is 2.83. The molecule has 0 spiro atoms. The van der Waals surface area contributed by atoms with Crippen LogP contribution >= 0.6 is 0 Å². The number of aliphatic hydroxyl groups excluding tert-OH is 1. The molecule has 1 aromatic carbocycles. The van der Waals surface area contributed by atoms with Crippen LogP contribution < -0.4 is 0 Å². The van der Waals surface area contributed by atoms with Crippen molar-refractivity contribution < 1.29 is 14.3 Å². The second-order valence-corrected chi connectivity index (χ2v) is 4.27. The molecule has 92 valence electrons. The van der Waals surface area contributed by atoms with E-state index in [4.69, 9.17) is 0 Å². The molecule has 0 bridgehead atoms. The number of likely N-dealkylation sites (N-methyl/N-ethyl adjacent to an activating group) is 1. The molecule has 1 N–H and O–H groups in total. The van der Waals surface area contributed by atoms with E-state index in [0.717, 1.165) is 5.56 Å². The van der Waals surface area contributed by atoms with Gasteiger partial charge >= 0.3 is 0 Å². The number of β-amino-alcohol motifs (C(OH)–C–C–N with tert-alkyl or cyclic N) is 1. The highest BCUT2D eigenvalue weighted by molar-refractivity contribution is 5.78. The monoisotopic (exact) mass is 238 g/mol. The van der Waals surface area contributed by atoms with Gasteiger partial charge in [-0.1, -0.05) is 12.1 Å². The first-order chi connectivity index (χ1) is 8.06. The molecular weight excluding hydrogens is 223 g/mol. The van der Waals surface area contributed by atoms with E-state index in [9.17, 15) is 14.3 Å². The highest BCUT2D eigenvalue weighted by atomic mass is 19.1. The maximum Gasteiger partial charge on any atom is 0.241 e. The fraction of sp³-hybridized carbons (Fsp3) is 0.417. The molecule has 1 fully saturated rings. The first kappa shape index (κ1) is 12.0. The van der Waals surface area contributed by atoms with E-state index >= 15 is 0 Å². The van der Waals surface area contributed by atoms with Crippen LogP contribution in [0, 0.1) is 5.82 Å². The molecule has 17 heavy (non-hydrogen) atoms. The molecule has 4 nitrogen and oxygen atoms in total. The van der Waals surface area contributed by atoms with Crippen molar-refractivity contribution in [1.29, 1.82) is 0 Å². The first-order valence-electron chi connectivity index (χ1n) is 5.50. The van der Waals surface area contributed by atoms with E-state index < -0.39 is 6.10 Å². The molecule has 1 aliphatic heterocycles. The Bertz CT molecular complexity index is 407. The average Bonchev–Trinajstić information content (AvgIpc) is 2.61. The molecule has 1 atom stereocenters. The van der Waals surface area contributed by atoms with Gasteiger partial charge in [0.1, 0.15) is 5.82 Å². The van der Waals surface area contributed by atoms with Crippen LogP contribution in [0.4, 0.5) is 4.39 Å². The van der Waals surface area contributed by atoms with Gasteiger partial charge in [-0.3, -0.25) is 9.80 Å². The predicted molar refractivity (Wildman–Crippen MR) is 60.5 cm³/mol. The molecule has 0 aromatic heterocycles. The van der Waals surface area contributed by atoms with E-state index in [1.165, 1.54) is 17.1 Å². The molecule has 1 heterocycles. The van der Waals surface area contributed by atoms with Gasteiger partial charge in [-0.25, -0.2) is 9.40 Å². The van der Waals surface area contributed by atoms with Gasteiger partial charge in [-0.05, 0) is 17.7 Å². The zero-order valence-electron chi connectivity index (χ0n) is 9.64. The van der Waals surface area contributed by atoms with Crippen LogP contribution in [0.15, 0.2) is 24.3 Å². The van der Waals surface area contributed by atoms with E-state index in [1.807, 2.05) is 0 Å². The number of nitrogens with zero attached hydrogens (tertiary/aromatic N) is 2. The lowest BCUT2D eigenvalue weighted by Gasteiger charge is -2.23. The molecule has 1 saturated heterocycles. The Hall–Kier alpha value is -1.46. The molecule has 2 rings (SSSR count). The number of hydrogen-bond acceptors (Lipinski definition) is 3. The smallest absolute Gasteiger partial charge is 0.241 e. The lowest BCUT2D eigenvalue weighted by Crippen LogP contribution is -2.39. The molecule has 0 saturated carbocycles. The molecule has 0 radical (unpaired) electrons. The van der Waals surface area contributed by atoms with Crippen molar-refractivity contribution in [3.63, 3.8) is 0 Å². The summed E-state index contributed by atoms with van der Waals surface area (Å²) in [6.45, 7) is 0.797. The Kier molecular flexibility index (Phi) is 3.40. The lowest BCUT2D eigenvalue weighted by atomic mass is 10.1. The summed E-state index contributed by atoms with van der Waals surface area (Å²) in [6.07, 6.45) is -0.269. The van der Waals surface area contributed by atoms with Gasteiger partial charge in [-0.15, -0.1) is 0 Å². The number of hydrazine groups is 1. The van der Waals surface area contributed by atoms with Crippen LogP contribution in [0.25, 0.3) is 0 Å². The Balaban J connectivity index is 1.99.